The van der Waals surface area contributed by atoms with Crippen molar-refractivity contribution in [1.29, 1.82) is 5.26 Å². The Balaban J connectivity index is 2.54. The van der Waals surface area contributed by atoms with Crippen LogP contribution < -0.4 is 0 Å². The molecule has 1 heterocycles. The van der Waals surface area contributed by atoms with Crippen LogP contribution in [0.15, 0.2) is 6.33 Å². The molecule has 1 rings (SSSR count). The monoisotopic (exact) mass is 179 g/mol. The first-order valence-corrected chi connectivity index (χ1v) is 3.73. The SMILES string of the molecule is CN(CCC#N)C(=O)c1ncn[nH]1. The Morgan fingerprint density at radius 2 is 2.62 bits per heavy atom. The van der Waals surface area contributed by atoms with E-state index < -0.39 is 0 Å². The van der Waals surface area contributed by atoms with E-state index in [2.05, 4.69) is 15.2 Å². The van der Waals surface area contributed by atoms with Crippen LogP contribution >= 0.6 is 0 Å². The number of nitrogens with one attached hydrogen (secondary N) is 1. The van der Waals surface area contributed by atoms with E-state index in [1.807, 2.05) is 6.07 Å². The van der Waals surface area contributed by atoms with Crippen LogP contribution in [0.1, 0.15) is 17.0 Å². The van der Waals surface area contributed by atoms with Crippen molar-refractivity contribution in [3.63, 3.8) is 0 Å². The molecule has 1 aromatic heterocycles. The van der Waals surface area contributed by atoms with Crippen molar-refractivity contribution >= 4 is 5.91 Å². The van der Waals surface area contributed by atoms with Crippen LogP contribution in [0.2, 0.25) is 0 Å². The Labute approximate surface area is 75.2 Å². The summed E-state index contributed by atoms with van der Waals surface area (Å²) in [5.74, 6) is -0.0619. The maximum Gasteiger partial charge on any atom is 0.290 e. The molecule has 6 heteroatoms. The molecule has 0 unspecified atom stereocenters. The second kappa shape index (κ2) is 4.21. The molecular weight excluding hydrogens is 170 g/mol. The molecule has 13 heavy (non-hydrogen) atoms. The van der Waals surface area contributed by atoms with Crippen molar-refractivity contribution in [3.05, 3.63) is 12.2 Å². The second-order valence-electron chi connectivity index (χ2n) is 2.47. The Kier molecular flexibility index (Phi) is 2.97. The first-order chi connectivity index (χ1) is 6.25. The molecule has 1 aromatic rings. The number of carbonyl (C=O) groups is 1. The van der Waals surface area contributed by atoms with Gasteiger partial charge in [0.1, 0.15) is 6.33 Å². The third-order valence-corrected chi connectivity index (χ3v) is 1.52. The predicted octanol–water partition coefficient (Wildman–Crippen LogP) is -0.210. The van der Waals surface area contributed by atoms with Gasteiger partial charge in [-0.25, -0.2) is 4.98 Å². The molecule has 0 saturated carbocycles. The van der Waals surface area contributed by atoms with Gasteiger partial charge in [0.15, 0.2) is 0 Å². The van der Waals surface area contributed by atoms with E-state index in [0.717, 1.165) is 0 Å². The van der Waals surface area contributed by atoms with Gasteiger partial charge in [0, 0.05) is 13.6 Å². The van der Waals surface area contributed by atoms with E-state index in [1.54, 1.807) is 7.05 Å². The number of aromatic nitrogens is 3. The van der Waals surface area contributed by atoms with Gasteiger partial charge in [-0.15, -0.1) is 0 Å². The van der Waals surface area contributed by atoms with Gasteiger partial charge in [0.25, 0.3) is 5.91 Å². The minimum absolute atomic E-state index is 0.195. The maximum atomic E-state index is 11.4. The van der Waals surface area contributed by atoms with Gasteiger partial charge in [-0.05, 0) is 0 Å². The normalized spacial score (nSPS) is 9.23. The highest BCUT2D eigenvalue weighted by Crippen LogP contribution is 1.95. The lowest BCUT2D eigenvalue weighted by Crippen LogP contribution is -2.28. The van der Waals surface area contributed by atoms with Crippen LogP contribution in [-0.2, 0) is 0 Å². The topological polar surface area (TPSA) is 85.7 Å². The molecule has 1 N–H and O–H groups in total. The first-order valence-electron chi connectivity index (χ1n) is 3.73. The van der Waals surface area contributed by atoms with E-state index in [-0.39, 0.29) is 11.7 Å². The maximum absolute atomic E-state index is 11.4. The fourth-order valence-corrected chi connectivity index (χ4v) is 0.809. The van der Waals surface area contributed by atoms with Crippen molar-refractivity contribution < 1.29 is 4.79 Å². The molecule has 0 spiro atoms. The summed E-state index contributed by atoms with van der Waals surface area (Å²) < 4.78 is 0. The molecule has 0 aliphatic heterocycles. The average Bonchev–Trinajstić information content (AvgIpc) is 2.65. The van der Waals surface area contributed by atoms with Crippen LogP contribution in [0.3, 0.4) is 0 Å². The van der Waals surface area contributed by atoms with Gasteiger partial charge in [0.05, 0.1) is 12.5 Å². The van der Waals surface area contributed by atoms with Gasteiger partial charge < -0.3 is 4.90 Å². The number of nitrogens with zero attached hydrogens (tertiary/aromatic N) is 4. The molecule has 0 atom stereocenters. The molecule has 68 valence electrons. The number of H-pyrrole nitrogens is 1. The molecule has 0 saturated heterocycles. The number of amides is 1. The van der Waals surface area contributed by atoms with E-state index in [4.69, 9.17) is 5.26 Å². The molecule has 0 fully saturated rings. The van der Waals surface area contributed by atoms with Gasteiger partial charge in [-0.3, -0.25) is 9.89 Å². The summed E-state index contributed by atoms with van der Waals surface area (Å²) in [7, 11) is 1.61. The zero-order valence-electron chi connectivity index (χ0n) is 7.19. The molecule has 0 aliphatic rings. The zero-order chi connectivity index (χ0) is 9.68. The van der Waals surface area contributed by atoms with Crippen molar-refractivity contribution in [1.82, 2.24) is 20.1 Å². The highest BCUT2D eigenvalue weighted by Gasteiger charge is 2.13. The quantitative estimate of drug-likeness (QED) is 0.695. The highest BCUT2D eigenvalue weighted by atomic mass is 16.2. The Hall–Kier alpha value is -1.90. The third-order valence-electron chi connectivity index (χ3n) is 1.52. The van der Waals surface area contributed by atoms with Crippen molar-refractivity contribution in [2.45, 2.75) is 6.42 Å². The number of carbonyl (C=O) groups excluding carboxylic acids is 1. The first kappa shape index (κ1) is 9.19. The molecule has 0 bridgehead atoms. The molecule has 6 nitrogen and oxygen atoms in total. The fourth-order valence-electron chi connectivity index (χ4n) is 0.809. The summed E-state index contributed by atoms with van der Waals surface area (Å²) in [5.41, 5.74) is 0. The summed E-state index contributed by atoms with van der Waals surface area (Å²) in [5, 5.41) is 14.3. The van der Waals surface area contributed by atoms with Gasteiger partial charge in [0.2, 0.25) is 5.82 Å². The van der Waals surface area contributed by atoms with Crippen molar-refractivity contribution in [2.24, 2.45) is 0 Å². The second-order valence-corrected chi connectivity index (χ2v) is 2.47. The average molecular weight is 179 g/mol. The minimum Gasteiger partial charge on any atom is -0.338 e. The van der Waals surface area contributed by atoms with Crippen LogP contribution in [0, 0.1) is 11.3 Å². The smallest absolute Gasteiger partial charge is 0.290 e. The van der Waals surface area contributed by atoms with E-state index >= 15 is 0 Å². The largest absolute Gasteiger partial charge is 0.338 e. The predicted molar refractivity (Wildman–Crippen MR) is 43.6 cm³/mol. The number of aromatic amines is 1. The minimum atomic E-state index is -0.257. The molecular formula is C7H9N5O. The molecule has 0 radical (unpaired) electrons. The summed E-state index contributed by atoms with van der Waals surface area (Å²) in [6, 6.07) is 1.96. The number of hydrogen-bond acceptors (Lipinski definition) is 4. The summed E-state index contributed by atoms with van der Waals surface area (Å²) in [6.45, 7) is 0.399. The lowest BCUT2D eigenvalue weighted by atomic mass is 10.4. The highest BCUT2D eigenvalue weighted by molar-refractivity contribution is 5.90. The lowest BCUT2D eigenvalue weighted by molar-refractivity contribution is 0.0786. The Morgan fingerprint density at radius 3 is 3.15 bits per heavy atom. The van der Waals surface area contributed by atoms with Crippen LogP contribution in [0.5, 0.6) is 0 Å². The Morgan fingerprint density at radius 1 is 1.85 bits per heavy atom. The van der Waals surface area contributed by atoms with E-state index in [9.17, 15) is 4.79 Å². The van der Waals surface area contributed by atoms with Crippen LogP contribution in [0.25, 0.3) is 0 Å². The fraction of sp³-hybridized carbons (Fsp3) is 0.429. The third kappa shape index (κ3) is 2.27. The molecule has 0 aromatic carbocycles. The van der Waals surface area contributed by atoms with Crippen LogP contribution in [0.4, 0.5) is 0 Å². The van der Waals surface area contributed by atoms with E-state index in [1.165, 1.54) is 11.2 Å². The lowest BCUT2D eigenvalue weighted by Gasteiger charge is -2.12. The van der Waals surface area contributed by atoms with Crippen LogP contribution in [-0.4, -0.2) is 39.6 Å². The number of hydrogen-bond donors (Lipinski definition) is 1. The number of rotatable bonds is 3. The Bertz CT molecular complexity index is 312. The van der Waals surface area contributed by atoms with Gasteiger partial charge in [-0.2, -0.15) is 10.4 Å². The van der Waals surface area contributed by atoms with E-state index in [0.29, 0.717) is 13.0 Å². The van der Waals surface area contributed by atoms with Gasteiger partial charge in [-0.1, -0.05) is 0 Å². The molecule has 0 aliphatic carbocycles. The number of nitriles is 1. The summed E-state index contributed by atoms with van der Waals surface area (Å²) in [4.78, 5) is 16.5. The van der Waals surface area contributed by atoms with Crippen molar-refractivity contribution in [2.75, 3.05) is 13.6 Å². The summed E-state index contributed by atoms with van der Waals surface area (Å²) >= 11 is 0. The molecule has 1 amide bonds. The zero-order valence-corrected chi connectivity index (χ0v) is 7.19. The van der Waals surface area contributed by atoms with Crippen molar-refractivity contribution in [3.8, 4) is 6.07 Å². The summed E-state index contributed by atoms with van der Waals surface area (Å²) in [6.07, 6.45) is 1.59. The standard InChI is InChI=1S/C7H9N5O/c1-12(4-2-3-8)7(13)6-9-5-10-11-6/h5H,2,4H2,1H3,(H,9,10,11). The van der Waals surface area contributed by atoms with Gasteiger partial charge >= 0.3 is 0 Å².